The molecule has 2 rings (SSSR count). The van der Waals surface area contributed by atoms with Crippen molar-refractivity contribution in [2.24, 2.45) is 0 Å². The van der Waals surface area contributed by atoms with Gasteiger partial charge < -0.3 is 4.74 Å². The lowest BCUT2D eigenvalue weighted by Crippen LogP contribution is -2.03. The predicted molar refractivity (Wildman–Crippen MR) is 64.7 cm³/mol. The lowest BCUT2D eigenvalue weighted by molar-refractivity contribution is 0.277. The first-order valence-electron chi connectivity index (χ1n) is 5.19. The van der Waals surface area contributed by atoms with E-state index in [1.54, 1.807) is 0 Å². The van der Waals surface area contributed by atoms with Crippen molar-refractivity contribution in [2.75, 3.05) is 0 Å². The van der Waals surface area contributed by atoms with Gasteiger partial charge in [0.1, 0.15) is 24.1 Å². The molecule has 0 fully saturated rings. The van der Waals surface area contributed by atoms with Gasteiger partial charge in [-0.15, -0.1) is 0 Å². The Balaban J connectivity index is 2.21. The van der Waals surface area contributed by atoms with Gasteiger partial charge in [0.05, 0.1) is 10.0 Å². The van der Waals surface area contributed by atoms with Crippen molar-refractivity contribution in [3.63, 3.8) is 0 Å². The third-order valence-corrected chi connectivity index (χ3v) is 3.02. The Morgan fingerprint density at radius 1 is 0.947 bits per heavy atom. The van der Waals surface area contributed by atoms with Crippen LogP contribution in [0.4, 0.5) is 17.6 Å². The zero-order valence-electron chi connectivity index (χ0n) is 9.39. The van der Waals surface area contributed by atoms with E-state index in [9.17, 15) is 17.6 Å². The second-order valence-corrected chi connectivity index (χ2v) is 4.54. The minimum absolute atomic E-state index is 0.0760. The highest BCUT2D eigenvalue weighted by atomic mass is 79.9. The number of rotatable bonds is 3. The van der Waals surface area contributed by atoms with Gasteiger partial charge in [-0.3, -0.25) is 0 Å². The van der Waals surface area contributed by atoms with Gasteiger partial charge in [-0.1, -0.05) is 0 Å². The maximum absolute atomic E-state index is 13.6. The molecule has 0 radical (unpaired) electrons. The Morgan fingerprint density at radius 3 is 2.37 bits per heavy atom. The molecule has 0 spiro atoms. The van der Waals surface area contributed by atoms with Gasteiger partial charge in [0.2, 0.25) is 0 Å². The van der Waals surface area contributed by atoms with Crippen molar-refractivity contribution < 1.29 is 22.3 Å². The molecule has 0 aliphatic rings. The smallest absolute Gasteiger partial charge is 0.167 e. The van der Waals surface area contributed by atoms with Gasteiger partial charge in [-0.05, 0) is 40.2 Å². The molecule has 1 nitrogen and oxygen atoms in total. The summed E-state index contributed by atoms with van der Waals surface area (Å²) in [5.41, 5.74) is -0.335. The summed E-state index contributed by atoms with van der Waals surface area (Å²) in [5.74, 6) is -3.59. The lowest BCUT2D eigenvalue weighted by Gasteiger charge is -2.09. The molecule has 19 heavy (non-hydrogen) atoms. The van der Waals surface area contributed by atoms with Crippen LogP contribution in [0.5, 0.6) is 5.75 Å². The Kier molecular flexibility index (Phi) is 4.09. The third kappa shape index (κ3) is 3.07. The van der Waals surface area contributed by atoms with Crippen LogP contribution < -0.4 is 4.74 Å². The Labute approximate surface area is 114 Å². The van der Waals surface area contributed by atoms with E-state index >= 15 is 0 Å². The van der Waals surface area contributed by atoms with Crippen molar-refractivity contribution in [3.05, 3.63) is 63.6 Å². The van der Waals surface area contributed by atoms with Gasteiger partial charge in [0.25, 0.3) is 0 Å². The van der Waals surface area contributed by atoms with Gasteiger partial charge in [-0.2, -0.15) is 0 Å². The fraction of sp³-hybridized carbons (Fsp3) is 0.0769. The van der Waals surface area contributed by atoms with Crippen LogP contribution in [0.15, 0.2) is 34.8 Å². The summed E-state index contributed by atoms with van der Waals surface area (Å²) in [7, 11) is 0. The molecule has 0 atom stereocenters. The first-order valence-corrected chi connectivity index (χ1v) is 5.98. The van der Waals surface area contributed by atoms with Crippen LogP contribution in [0.1, 0.15) is 5.56 Å². The minimum Gasteiger partial charge on any atom is -0.486 e. The third-order valence-electron chi connectivity index (χ3n) is 2.40. The fourth-order valence-corrected chi connectivity index (χ4v) is 1.82. The zero-order valence-corrected chi connectivity index (χ0v) is 11.0. The lowest BCUT2D eigenvalue weighted by atomic mass is 10.2. The number of hydrogen-bond donors (Lipinski definition) is 0. The van der Waals surface area contributed by atoms with Gasteiger partial charge in [-0.25, -0.2) is 17.6 Å². The van der Waals surface area contributed by atoms with Gasteiger partial charge in [0, 0.05) is 6.07 Å². The van der Waals surface area contributed by atoms with E-state index in [1.807, 2.05) is 0 Å². The van der Waals surface area contributed by atoms with Crippen LogP contribution >= 0.6 is 15.9 Å². The van der Waals surface area contributed by atoms with E-state index in [-0.39, 0.29) is 15.8 Å². The SMILES string of the molecule is Fc1ccc(OCc2c(F)ccc(Br)c2F)c(F)c1. The zero-order chi connectivity index (χ0) is 14.0. The molecule has 6 heteroatoms. The fourth-order valence-electron chi connectivity index (χ4n) is 1.44. The molecular weight excluding hydrogens is 328 g/mol. The van der Waals surface area contributed by atoms with E-state index in [4.69, 9.17) is 4.74 Å². The summed E-state index contributed by atoms with van der Waals surface area (Å²) in [5, 5.41) is 0. The molecule has 0 N–H and O–H groups in total. The molecule has 100 valence electrons. The van der Waals surface area contributed by atoms with Crippen molar-refractivity contribution >= 4 is 15.9 Å². The van der Waals surface area contributed by atoms with Crippen LogP contribution in [-0.2, 0) is 6.61 Å². The quantitative estimate of drug-likeness (QED) is 0.589. The summed E-state index contributed by atoms with van der Waals surface area (Å²) < 4.78 is 58.0. The first kappa shape index (κ1) is 13.9. The minimum atomic E-state index is -0.934. The number of halogens is 5. The first-order chi connectivity index (χ1) is 8.99. The van der Waals surface area contributed by atoms with Gasteiger partial charge in [0.15, 0.2) is 11.6 Å². The average Bonchev–Trinajstić information content (AvgIpc) is 2.36. The molecule has 0 aromatic heterocycles. The standard InChI is InChI=1S/C13H7BrF4O/c14-9-2-3-10(16)8(13(9)18)6-19-12-4-1-7(15)5-11(12)17/h1-5H,6H2. The number of benzene rings is 2. The summed E-state index contributed by atoms with van der Waals surface area (Å²) in [6, 6.07) is 4.95. The number of hydrogen-bond acceptors (Lipinski definition) is 1. The summed E-state index contributed by atoms with van der Waals surface area (Å²) in [6.45, 7) is -0.500. The average molecular weight is 335 g/mol. The van der Waals surface area contributed by atoms with Gasteiger partial charge >= 0.3 is 0 Å². The summed E-state index contributed by atoms with van der Waals surface area (Å²) in [4.78, 5) is 0. The normalized spacial score (nSPS) is 10.6. The molecule has 2 aromatic rings. The molecule has 0 saturated heterocycles. The molecule has 0 bridgehead atoms. The van der Waals surface area contributed by atoms with E-state index in [2.05, 4.69) is 15.9 Å². The maximum atomic E-state index is 13.6. The summed E-state index contributed by atoms with van der Waals surface area (Å²) in [6.07, 6.45) is 0. The molecule has 0 amide bonds. The molecule has 0 heterocycles. The summed E-state index contributed by atoms with van der Waals surface area (Å²) >= 11 is 2.91. The predicted octanol–water partition coefficient (Wildman–Crippen LogP) is 4.58. The largest absolute Gasteiger partial charge is 0.486 e. The highest BCUT2D eigenvalue weighted by Gasteiger charge is 2.14. The number of ether oxygens (including phenoxy) is 1. The van der Waals surface area contributed by atoms with Crippen LogP contribution in [-0.4, -0.2) is 0 Å². The van der Waals surface area contributed by atoms with Crippen molar-refractivity contribution in [1.29, 1.82) is 0 Å². The van der Waals surface area contributed by atoms with Crippen LogP contribution in [0.25, 0.3) is 0 Å². The second kappa shape index (κ2) is 5.61. The van der Waals surface area contributed by atoms with Crippen LogP contribution in [0.3, 0.4) is 0 Å². The van der Waals surface area contributed by atoms with E-state index < -0.39 is 29.9 Å². The maximum Gasteiger partial charge on any atom is 0.167 e. The Morgan fingerprint density at radius 2 is 1.68 bits per heavy atom. The monoisotopic (exact) mass is 334 g/mol. The topological polar surface area (TPSA) is 9.23 Å². The van der Waals surface area contributed by atoms with E-state index in [0.29, 0.717) is 6.07 Å². The molecule has 2 aromatic carbocycles. The van der Waals surface area contributed by atoms with Crippen molar-refractivity contribution in [3.8, 4) is 5.75 Å². The van der Waals surface area contributed by atoms with Crippen molar-refractivity contribution in [1.82, 2.24) is 0 Å². The molecular formula is C13H7BrF4O. The molecule has 0 saturated carbocycles. The molecule has 0 aliphatic heterocycles. The van der Waals surface area contributed by atoms with Crippen LogP contribution in [0.2, 0.25) is 0 Å². The highest BCUT2D eigenvalue weighted by Crippen LogP contribution is 2.24. The molecule has 0 unspecified atom stereocenters. The van der Waals surface area contributed by atoms with E-state index in [0.717, 1.165) is 18.2 Å². The highest BCUT2D eigenvalue weighted by molar-refractivity contribution is 9.10. The van der Waals surface area contributed by atoms with E-state index in [1.165, 1.54) is 6.07 Å². The van der Waals surface area contributed by atoms with Crippen LogP contribution in [0, 0.1) is 23.3 Å². The molecule has 0 aliphatic carbocycles. The Bertz CT molecular complexity index is 616. The van der Waals surface area contributed by atoms with Crippen molar-refractivity contribution in [2.45, 2.75) is 6.61 Å². The Hall–Kier alpha value is -1.56. The second-order valence-electron chi connectivity index (χ2n) is 3.69.